The van der Waals surface area contributed by atoms with Crippen LogP contribution in [-0.2, 0) is 23.7 Å². The van der Waals surface area contributed by atoms with Gasteiger partial charge in [-0.3, -0.25) is 0 Å². The van der Waals surface area contributed by atoms with Crippen molar-refractivity contribution in [3.05, 3.63) is 11.1 Å². The zero-order valence-electron chi connectivity index (χ0n) is 13.9. The minimum absolute atomic E-state index is 0.0932. The van der Waals surface area contributed by atoms with Gasteiger partial charge in [0.1, 0.15) is 24.4 Å². The quantitative estimate of drug-likeness (QED) is 0.423. The summed E-state index contributed by atoms with van der Waals surface area (Å²) in [4.78, 5) is 11.8. The third-order valence-electron chi connectivity index (χ3n) is 5.03. The SMILES string of the molecule is C[C@H]1OCC2=C(CCOC2=O)[C@@H]1CO[C@@H]1O[C@H](CO)[C@@H](O)[C@H](O)[C@H]1O. The molecule has 0 aromatic carbocycles. The molecule has 3 rings (SSSR count). The second-order valence-corrected chi connectivity index (χ2v) is 6.54. The lowest BCUT2D eigenvalue weighted by molar-refractivity contribution is -0.304. The van der Waals surface area contributed by atoms with E-state index in [1.165, 1.54) is 0 Å². The molecule has 0 aromatic rings. The minimum Gasteiger partial charge on any atom is -0.462 e. The number of carbonyl (C=O) groups is 1. The van der Waals surface area contributed by atoms with Crippen LogP contribution in [0.25, 0.3) is 0 Å². The van der Waals surface area contributed by atoms with Gasteiger partial charge in [0.05, 0.1) is 38.1 Å². The summed E-state index contributed by atoms with van der Waals surface area (Å²) < 4.78 is 21.6. The molecule has 0 spiro atoms. The number of aliphatic hydroxyl groups excluding tert-OH is 4. The molecule has 0 bridgehead atoms. The molecule has 3 aliphatic rings. The summed E-state index contributed by atoms with van der Waals surface area (Å²) in [6.07, 6.45) is -6.21. The van der Waals surface area contributed by atoms with Gasteiger partial charge in [-0.05, 0) is 12.5 Å². The number of ether oxygens (including phenoxy) is 4. The predicted octanol–water partition coefficient (Wildman–Crippen LogP) is -1.92. The molecule has 3 heterocycles. The van der Waals surface area contributed by atoms with Gasteiger partial charge < -0.3 is 39.4 Å². The molecule has 9 heteroatoms. The molecule has 0 saturated carbocycles. The van der Waals surface area contributed by atoms with Crippen molar-refractivity contribution in [2.45, 2.75) is 50.2 Å². The van der Waals surface area contributed by atoms with E-state index in [1.54, 1.807) is 0 Å². The second kappa shape index (κ2) is 7.67. The third-order valence-corrected chi connectivity index (χ3v) is 5.03. The van der Waals surface area contributed by atoms with Crippen LogP contribution in [0.15, 0.2) is 11.1 Å². The molecule has 142 valence electrons. The number of hydrogen-bond acceptors (Lipinski definition) is 9. The Labute approximate surface area is 144 Å². The molecule has 9 nitrogen and oxygen atoms in total. The highest BCUT2D eigenvalue weighted by Crippen LogP contribution is 2.33. The second-order valence-electron chi connectivity index (χ2n) is 6.54. The first-order valence-electron chi connectivity index (χ1n) is 8.36. The fourth-order valence-electron chi connectivity index (χ4n) is 3.44. The molecule has 1 saturated heterocycles. The van der Waals surface area contributed by atoms with Gasteiger partial charge in [0.25, 0.3) is 0 Å². The Kier molecular flexibility index (Phi) is 5.74. The zero-order valence-corrected chi connectivity index (χ0v) is 13.9. The first-order valence-corrected chi connectivity index (χ1v) is 8.36. The fourth-order valence-corrected chi connectivity index (χ4v) is 3.44. The van der Waals surface area contributed by atoms with Crippen molar-refractivity contribution in [3.8, 4) is 0 Å². The summed E-state index contributed by atoms with van der Waals surface area (Å²) in [7, 11) is 0. The smallest absolute Gasteiger partial charge is 0.336 e. The van der Waals surface area contributed by atoms with Crippen molar-refractivity contribution < 1.29 is 44.2 Å². The van der Waals surface area contributed by atoms with Gasteiger partial charge in [0, 0.05) is 12.3 Å². The van der Waals surface area contributed by atoms with Crippen molar-refractivity contribution in [2.24, 2.45) is 5.92 Å². The molecule has 3 aliphatic heterocycles. The van der Waals surface area contributed by atoms with Gasteiger partial charge in [-0.15, -0.1) is 0 Å². The number of aliphatic hydroxyl groups is 4. The van der Waals surface area contributed by atoms with E-state index >= 15 is 0 Å². The molecule has 0 aliphatic carbocycles. The van der Waals surface area contributed by atoms with Crippen LogP contribution in [0.5, 0.6) is 0 Å². The molecule has 4 N–H and O–H groups in total. The van der Waals surface area contributed by atoms with Gasteiger partial charge in [-0.1, -0.05) is 0 Å². The maximum absolute atomic E-state index is 11.8. The van der Waals surface area contributed by atoms with Gasteiger partial charge in [0.2, 0.25) is 0 Å². The molecule has 0 unspecified atom stereocenters. The molecule has 0 radical (unpaired) electrons. The highest BCUT2D eigenvalue weighted by molar-refractivity contribution is 5.90. The molecule has 7 atom stereocenters. The van der Waals surface area contributed by atoms with Crippen LogP contribution >= 0.6 is 0 Å². The van der Waals surface area contributed by atoms with Crippen LogP contribution < -0.4 is 0 Å². The van der Waals surface area contributed by atoms with Crippen LogP contribution in [0, 0.1) is 5.92 Å². The predicted molar refractivity (Wildman–Crippen MR) is 81.2 cm³/mol. The summed E-state index contributed by atoms with van der Waals surface area (Å²) in [6.45, 7) is 1.95. The van der Waals surface area contributed by atoms with E-state index < -0.39 is 37.3 Å². The first kappa shape index (κ1) is 18.7. The fraction of sp³-hybridized carbons (Fsp3) is 0.812. The van der Waals surface area contributed by atoms with Gasteiger partial charge in [-0.25, -0.2) is 4.79 Å². The van der Waals surface area contributed by atoms with E-state index in [2.05, 4.69) is 0 Å². The first-order chi connectivity index (χ1) is 11.9. The summed E-state index contributed by atoms with van der Waals surface area (Å²) >= 11 is 0. The Morgan fingerprint density at radius 1 is 1.20 bits per heavy atom. The maximum atomic E-state index is 11.8. The maximum Gasteiger partial charge on any atom is 0.336 e. The van der Waals surface area contributed by atoms with Crippen LogP contribution in [-0.4, -0.2) is 89.6 Å². The largest absolute Gasteiger partial charge is 0.462 e. The van der Waals surface area contributed by atoms with E-state index in [1.807, 2.05) is 6.92 Å². The van der Waals surface area contributed by atoms with Gasteiger partial charge in [-0.2, -0.15) is 0 Å². The van der Waals surface area contributed by atoms with Crippen molar-refractivity contribution >= 4 is 5.97 Å². The van der Waals surface area contributed by atoms with Crippen LogP contribution in [0.2, 0.25) is 0 Å². The van der Waals surface area contributed by atoms with E-state index in [0.29, 0.717) is 18.6 Å². The topological polar surface area (TPSA) is 135 Å². The van der Waals surface area contributed by atoms with Crippen LogP contribution in [0.1, 0.15) is 13.3 Å². The van der Waals surface area contributed by atoms with E-state index in [4.69, 9.17) is 18.9 Å². The van der Waals surface area contributed by atoms with Crippen molar-refractivity contribution in [1.82, 2.24) is 0 Å². The van der Waals surface area contributed by atoms with Gasteiger partial charge >= 0.3 is 5.97 Å². The van der Waals surface area contributed by atoms with E-state index in [9.17, 15) is 25.2 Å². The molecular formula is C16H24O9. The number of carbonyl (C=O) groups excluding carboxylic acids is 1. The molecular weight excluding hydrogens is 336 g/mol. The average molecular weight is 360 g/mol. The van der Waals surface area contributed by atoms with Crippen LogP contribution in [0.4, 0.5) is 0 Å². The van der Waals surface area contributed by atoms with Gasteiger partial charge in [0.15, 0.2) is 6.29 Å². The van der Waals surface area contributed by atoms with Crippen molar-refractivity contribution in [1.29, 1.82) is 0 Å². The number of esters is 1. The summed E-state index contributed by atoms with van der Waals surface area (Å²) in [5, 5.41) is 38.8. The minimum atomic E-state index is -1.49. The molecule has 0 amide bonds. The lowest BCUT2D eigenvalue weighted by Crippen LogP contribution is -2.59. The average Bonchev–Trinajstić information content (AvgIpc) is 2.60. The third kappa shape index (κ3) is 3.59. The van der Waals surface area contributed by atoms with Crippen molar-refractivity contribution in [3.63, 3.8) is 0 Å². The Morgan fingerprint density at radius 3 is 2.68 bits per heavy atom. The lowest BCUT2D eigenvalue weighted by Gasteiger charge is -2.41. The number of hydrogen-bond donors (Lipinski definition) is 4. The number of rotatable bonds is 4. The summed E-state index contributed by atoms with van der Waals surface area (Å²) in [5.41, 5.74) is 1.42. The highest BCUT2D eigenvalue weighted by atomic mass is 16.7. The van der Waals surface area contributed by atoms with E-state index in [0.717, 1.165) is 5.57 Å². The van der Waals surface area contributed by atoms with E-state index in [-0.39, 0.29) is 31.2 Å². The molecule has 0 aromatic heterocycles. The molecule has 1 fully saturated rings. The summed E-state index contributed by atoms with van der Waals surface area (Å²) in [5.74, 6) is -0.602. The Hall–Kier alpha value is -1.07. The highest BCUT2D eigenvalue weighted by Gasteiger charge is 2.45. The zero-order chi connectivity index (χ0) is 18.1. The van der Waals surface area contributed by atoms with Crippen LogP contribution in [0.3, 0.4) is 0 Å². The molecule has 25 heavy (non-hydrogen) atoms. The number of cyclic esters (lactones) is 1. The van der Waals surface area contributed by atoms with Crippen molar-refractivity contribution in [2.75, 3.05) is 26.4 Å². The lowest BCUT2D eigenvalue weighted by atomic mass is 9.85. The Balaban J connectivity index is 1.69. The Bertz CT molecular complexity index is 532. The normalized spacial score (nSPS) is 42.1. The Morgan fingerprint density at radius 2 is 1.96 bits per heavy atom. The summed E-state index contributed by atoms with van der Waals surface area (Å²) in [6, 6.07) is 0. The standard InChI is InChI=1S/C16H24O9/c1-7-9(8-2-3-22-15(21)10(8)6-23-7)5-24-16-14(20)13(19)12(18)11(4-17)25-16/h7,9,11-14,16-20H,2-6H2,1H3/t7-,9-,11-,12-,13+,14-,16-/m1/s1. The monoisotopic (exact) mass is 360 g/mol.